The average molecular weight is 1480 g/mol. The fraction of sp³-hybridized carbons (Fsp3) is 0. The smallest absolute Gasteiger partial charge is 0.235 e. The Morgan fingerprint density at radius 1 is 0.228 bits per heavy atom. The van der Waals surface area contributed by atoms with E-state index >= 15 is 0 Å². The van der Waals surface area contributed by atoms with E-state index in [9.17, 15) is 0 Å². The van der Waals surface area contributed by atoms with Crippen molar-refractivity contribution in [1.82, 2.24) is 33.6 Å². The van der Waals surface area contributed by atoms with Crippen molar-refractivity contribution < 1.29 is 8.83 Å². The third-order valence-corrected chi connectivity index (χ3v) is 23.4. The molecule has 0 aliphatic carbocycles. The molecule has 0 amide bonds. The molecule has 9 nitrogen and oxygen atoms in total. The number of pyridine rings is 2. The van der Waals surface area contributed by atoms with Gasteiger partial charge in [0.2, 0.25) is 5.95 Å². The van der Waals surface area contributed by atoms with E-state index in [1.807, 2.05) is 78.3 Å². The third-order valence-electron chi connectivity index (χ3n) is 22.2. The van der Waals surface area contributed by atoms with Gasteiger partial charge in [0.15, 0.2) is 0 Å². The highest BCUT2D eigenvalue weighted by atomic mass is 32.1. The van der Waals surface area contributed by atoms with Crippen molar-refractivity contribution in [3.8, 4) is 84.6 Å². The van der Waals surface area contributed by atoms with Gasteiger partial charge in [0.25, 0.3) is 0 Å². The van der Waals surface area contributed by atoms with E-state index < -0.39 is 0 Å². The number of hydrogen-bond donors (Lipinski definition) is 0. The van der Waals surface area contributed by atoms with Crippen molar-refractivity contribution in [1.29, 1.82) is 0 Å². The monoisotopic (exact) mass is 1480 g/mol. The SMILES string of the molecule is c1ccc(-c2cc(-c3ccccc3)nc(-n3c4ccccc4c4cc(-c5cccc6c5sc5ccccc56)ccc43)n2)cc1.c1ccc(-c2ccc(-n3c4ccccc4c4cc(-c5ccc6oc7ccccc7c6c5)ccc43)nc2)cc1.c1ccc(-n2c3ccccc3c3cc(-c4ccc5oc6ccccc6c5c4)ccc32)nc1. The minimum absolute atomic E-state index is 0.663. The number of aromatic nitrogens is 7. The lowest BCUT2D eigenvalue weighted by Gasteiger charge is -2.12. The van der Waals surface area contributed by atoms with Crippen LogP contribution in [0.15, 0.2) is 403 Å². The van der Waals surface area contributed by atoms with Gasteiger partial charge in [-0.15, -0.1) is 11.3 Å². The van der Waals surface area contributed by atoms with Crippen LogP contribution in [0.5, 0.6) is 0 Å². The molecule has 0 aliphatic rings. The Labute approximate surface area is 658 Å². The predicted octanol–water partition coefficient (Wildman–Crippen LogP) is 28.1. The highest BCUT2D eigenvalue weighted by molar-refractivity contribution is 7.26. The molecule has 534 valence electrons. The lowest BCUT2D eigenvalue weighted by molar-refractivity contribution is 0.668. The first-order valence-corrected chi connectivity index (χ1v) is 39.1. The number of nitrogens with zero attached hydrogens (tertiary/aromatic N) is 7. The van der Waals surface area contributed by atoms with Crippen LogP contribution in [0.2, 0.25) is 0 Å². The number of rotatable bonds is 9. The molecule has 0 radical (unpaired) electrons. The predicted molar refractivity (Wildman–Crippen MR) is 474 cm³/mol. The highest BCUT2D eigenvalue weighted by Crippen LogP contribution is 2.45. The fourth-order valence-electron chi connectivity index (χ4n) is 16.8. The fourth-order valence-corrected chi connectivity index (χ4v) is 18.0. The van der Waals surface area contributed by atoms with Crippen LogP contribution in [0.1, 0.15) is 0 Å². The zero-order valence-corrected chi connectivity index (χ0v) is 62.2. The molecule has 24 rings (SSSR count). The Morgan fingerprint density at radius 2 is 0.623 bits per heavy atom. The molecule has 9 heterocycles. The van der Waals surface area contributed by atoms with Crippen LogP contribution in [-0.2, 0) is 0 Å². The van der Waals surface area contributed by atoms with E-state index in [4.69, 9.17) is 23.8 Å². The number of benzene rings is 15. The quantitative estimate of drug-likeness (QED) is 0.143. The van der Waals surface area contributed by atoms with Gasteiger partial charge in [-0.25, -0.2) is 19.9 Å². The van der Waals surface area contributed by atoms with Gasteiger partial charge in [0.1, 0.15) is 34.0 Å². The lowest BCUT2D eigenvalue weighted by Crippen LogP contribution is -2.03. The van der Waals surface area contributed by atoms with Crippen molar-refractivity contribution in [2.45, 2.75) is 0 Å². The van der Waals surface area contributed by atoms with Crippen LogP contribution in [0.25, 0.3) is 214 Å². The topological polar surface area (TPSA) is 92.6 Å². The molecule has 0 saturated heterocycles. The molecule has 0 fully saturated rings. The molecule has 114 heavy (non-hydrogen) atoms. The standard InChI is InChI=1S/C40H25N3S.C35H22N2O.C29H18N2O/c1-3-12-26(13-4-1)34-25-35(27-14-5-2-6-15-27)42-40(41-34)43-36-20-9-7-16-30(36)33-24-28(22-23-37(33)43)29-18-11-19-32-31-17-8-10-21-38(31)44-39(29)32;1-2-8-23(9-3-1)26-16-19-35(36-22-26)37-31-12-6-4-10-27(31)29-20-24(14-17-32(29)37)25-15-18-34-30(21-25)28-11-5-7-13-33(28)38-34;1-3-9-25-21(7-1)23-17-19(12-14-26(23)31(25)29-11-5-6-16-30-29)20-13-15-28-24(18-20)22-8-2-4-10-27(22)32-28/h1-25H;1-22H;1-18H. The molecule has 24 aromatic rings. The van der Waals surface area contributed by atoms with Gasteiger partial charge in [0.05, 0.1) is 44.5 Å². The summed E-state index contributed by atoms with van der Waals surface area (Å²) < 4.78 is 21.4. The molecule has 0 N–H and O–H groups in total. The van der Waals surface area contributed by atoms with Gasteiger partial charge in [-0.05, 0) is 166 Å². The minimum atomic E-state index is 0.663. The van der Waals surface area contributed by atoms with Crippen LogP contribution in [0.4, 0.5) is 0 Å². The Kier molecular flexibility index (Phi) is 15.9. The van der Waals surface area contributed by atoms with Crippen molar-refractivity contribution >= 4 is 141 Å². The van der Waals surface area contributed by atoms with Gasteiger partial charge < -0.3 is 8.83 Å². The maximum absolute atomic E-state index is 6.05. The van der Waals surface area contributed by atoms with Crippen LogP contribution >= 0.6 is 11.3 Å². The van der Waals surface area contributed by atoms with E-state index in [0.29, 0.717) is 5.95 Å². The first-order chi connectivity index (χ1) is 56.5. The van der Waals surface area contributed by atoms with Gasteiger partial charge >= 0.3 is 0 Å². The van der Waals surface area contributed by atoms with E-state index in [2.05, 4.69) is 346 Å². The normalized spacial score (nSPS) is 11.7. The Hall–Kier alpha value is -15.1. The largest absolute Gasteiger partial charge is 0.456 e. The number of fused-ring (bicyclic) bond motifs is 18. The van der Waals surface area contributed by atoms with Gasteiger partial charge in [0, 0.05) is 103 Å². The summed E-state index contributed by atoms with van der Waals surface area (Å²) >= 11 is 1.87. The van der Waals surface area contributed by atoms with E-state index in [-0.39, 0.29) is 0 Å². The summed E-state index contributed by atoms with van der Waals surface area (Å²) in [6, 6.07) is 134. The number of para-hydroxylation sites is 5. The molecule has 0 unspecified atom stereocenters. The first-order valence-electron chi connectivity index (χ1n) is 38.3. The van der Waals surface area contributed by atoms with Crippen molar-refractivity contribution in [3.05, 3.63) is 395 Å². The number of hydrogen-bond acceptors (Lipinski definition) is 7. The molecule has 0 atom stereocenters. The van der Waals surface area contributed by atoms with Crippen LogP contribution < -0.4 is 0 Å². The third kappa shape index (κ3) is 11.4. The van der Waals surface area contributed by atoms with E-state index in [1.165, 1.54) is 91.4 Å². The Bertz CT molecular complexity index is 7790. The molecule has 9 aromatic heterocycles. The summed E-state index contributed by atoms with van der Waals surface area (Å²) in [5.74, 6) is 2.50. The zero-order valence-electron chi connectivity index (χ0n) is 61.4. The van der Waals surface area contributed by atoms with Gasteiger partial charge in [-0.2, -0.15) is 0 Å². The zero-order chi connectivity index (χ0) is 75.2. The van der Waals surface area contributed by atoms with Crippen molar-refractivity contribution in [3.63, 3.8) is 0 Å². The molecule has 0 saturated carbocycles. The summed E-state index contributed by atoms with van der Waals surface area (Å²) in [5.41, 5.74) is 23.9. The Balaban J connectivity index is 0.000000106. The highest BCUT2D eigenvalue weighted by Gasteiger charge is 2.22. The second kappa shape index (κ2) is 27.5. The maximum atomic E-state index is 6.05. The van der Waals surface area contributed by atoms with E-state index in [0.717, 1.165) is 117 Å². The average Bonchev–Trinajstić information content (AvgIpc) is 1.57. The molecule has 0 spiro atoms. The number of thiophene rings is 1. The lowest BCUT2D eigenvalue weighted by atomic mass is 10.0. The summed E-state index contributed by atoms with van der Waals surface area (Å²) in [7, 11) is 0. The summed E-state index contributed by atoms with van der Waals surface area (Å²) in [4.78, 5) is 19.8. The summed E-state index contributed by atoms with van der Waals surface area (Å²) in [6.45, 7) is 0. The second-order valence-electron chi connectivity index (χ2n) is 28.8. The van der Waals surface area contributed by atoms with Crippen molar-refractivity contribution in [2.75, 3.05) is 0 Å². The molecule has 15 aromatic carbocycles. The first kappa shape index (κ1) is 65.9. The molecule has 0 bridgehead atoms. The van der Waals surface area contributed by atoms with E-state index in [1.54, 1.807) is 0 Å². The van der Waals surface area contributed by atoms with Crippen LogP contribution in [0, 0.1) is 0 Å². The maximum Gasteiger partial charge on any atom is 0.235 e. The second-order valence-corrected chi connectivity index (χ2v) is 29.8. The minimum Gasteiger partial charge on any atom is -0.456 e. The summed E-state index contributed by atoms with van der Waals surface area (Å²) in [5, 5.41) is 14.5. The van der Waals surface area contributed by atoms with Crippen LogP contribution in [-0.4, -0.2) is 33.6 Å². The molecular weight excluding hydrogens is 1410 g/mol. The van der Waals surface area contributed by atoms with Gasteiger partial charge in [-0.3, -0.25) is 13.7 Å². The molecular formula is C104H65N7O2S. The van der Waals surface area contributed by atoms with Crippen molar-refractivity contribution in [2.24, 2.45) is 0 Å². The van der Waals surface area contributed by atoms with Crippen LogP contribution in [0.3, 0.4) is 0 Å². The summed E-state index contributed by atoms with van der Waals surface area (Å²) in [6.07, 6.45) is 3.80. The molecule has 10 heteroatoms. The number of furan rings is 2. The molecule has 0 aliphatic heterocycles. The Morgan fingerprint density at radius 3 is 1.15 bits per heavy atom. The van der Waals surface area contributed by atoms with Gasteiger partial charge in [-0.1, -0.05) is 255 Å².